The highest BCUT2D eigenvalue weighted by Crippen LogP contribution is 2.47. The summed E-state index contributed by atoms with van der Waals surface area (Å²) in [4.78, 5) is 0. The highest BCUT2D eigenvalue weighted by molar-refractivity contribution is 6.30. The molecule has 2 aliphatic heterocycles. The van der Waals surface area contributed by atoms with Gasteiger partial charge >= 0.3 is 0 Å². The molecule has 5 heteroatoms. The minimum absolute atomic E-state index is 0.140. The maximum atomic E-state index is 6.33. The third kappa shape index (κ3) is 2.97. The summed E-state index contributed by atoms with van der Waals surface area (Å²) in [6, 6.07) is 23.9. The van der Waals surface area contributed by atoms with E-state index in [1.807, 2.05) is 66.7 Å². The van der Waals surface area contributed by atoms with E-state index in [2.05, 4.69) is 11.1 Å². The van der Waals surface area contributed by atoms with Gasteiger partial charge in [0.15, 0.2) is 0 Å². The summed E-state index contributed by atoms with van der Waals surface area (Å²) < 4.78 is 6.33. The van der Waals surface area contributed by atoms with Gasteiger partial charge < -0.3 is 4.74 Å². The Labute approximate surface area is 167 Å². The van der Waals surface area contributed by atoms with Crippen molar-refractivity contribution in [3.05, 3.63) is 99.5 Å². The van der Waals surface area contributed by atoms with Gasteiger partial charge in [0.25, 0.3) is 0 Å². The maximum absolute atomic E-state index is 6.33. The van der Waals surface area contributed by atoms with Crippen LogP contribution in [0, 0.1) is 0 Å². The molecule has 3 aromatic rings. The van der Waals surface area contributed by atoms with Crippen molar-refractivity contribution < 1.29 is 4.74 Å². The molecule has 5 rings (SSSR count). The van der Waals surface area contributed by atoms with Gasteiger partial charge in [-0.1, -0.05) is 65.7 Å². The first-order chi connectivity index (χ1) is 13.2. The largest absolute Gasteiger partial charge is 0.464 e. The summed E-state index contributed by atoms with van der Waals surface area (Å²) in [7, 11) is 0. The molecule has 0 aliphatic carbocycles. The molecule has 0 unspecified atom stereocenters. The lowest BCUT2D eigenvalue weighted by molar-refractivity contribution is -0.0190. The average Bonchev–Trinajstić information content (AvgIpc) is 3.14. The second-order valence-electron chi connectivity index (χ2n) is 6.71. The summed E-state index contributed by atoms with van der Waals surface area (Å²) in [5.41, 5.74) is 4.31. The summed E-state index contributed by atoms with van der Waals surface area (Å²) in [6.07, 6.45) is 0.540. The van der Waals surface area contributed by atoms with E-state index >= 15 is 0 Å². The molecule has 0 amide bonds. The van der Waals surface area contributed by atoms with E-state index in [4.69, 9.17) is 33.0 Å². The van der Waals surface area contributed by atoms with E-state index in [1.165, 1.54) is 0 Å². The molecule has 27 heavy (non-hydrogen) atoms. The van der Waals surface area contributed by atoms with E-state index in [9.17, 15) is 0 Å². The molecule has 0 aromatic heterocycles. The van der Waals surface area contributed by atoms with Crippen molar-refractivity contribution in [3.8, 4) is 5.75 Å². The van der Waals surface area contributed by atoms with Gasteiger partial charge in [0.05, 0.1) is 11.8 Å². The van der Waals surface area contributed by atoms with Gasteiger partial charge in [0.2, 0.25) is 6.23 Å². The van der Waals surface area contributed by atoms with E-state index < -0.39 is 0 Å². The molecule has 2 aliphatic rings. The third-order valence-electron chi connectivity index (χ3n) is 5.03. The fourth-order valence-corrected chi connectivity index (χ4v) is 3.95. The van der Waals surface area contributed by atoms with Crippen molar-refractivity contribution in [2.24, 2.45) is 5.10 Å². The summed E-state index contributed by atoms with van der Waals surface area (Å²) >= 11 is 12.1. The second kappa shape index (κ2) is 6.59. The van der Waals surface area contributed by atoms with Crippen LogP contribution in [0.25, 0.3) is 0 Å². The first-order valence-corrected chi connectivity index (χ1v) is 9.57. The molecule has 0 spiro atoms. The Morgan fingerprint density at radius 2 is 1.52 bits per heavy atom. The highest BCUT2D eigenvalue weighted by atomic mass is 35.5. The Bertz CT molecular complexity index is 1020. The molecule has 3 aromatic carbocycles. The van der Waals surface area contributed by atoms with Crippen molar-refractivity contribution in [2.75, 3.05) is 0 Å². The summed E-state index contributed by atoms with van der Waals surface area (Å²) in [6.45, 7) is 0. The number of nitrogens with zero attached hydrogens (tertiary/aromatic N) is 2. The molecule has 3 nitrogen and oxygen atoms in total. The van der Waals surface area contributed by atoms with Gasteiger partial charge in [-0.15, -0.1) is 0 Å². The lowest BCUT2D eigenvalue weighted by atomic mass is 9.96. The third-order valence-corrected chi connectivity index (χ3v) is 5.54. The first-order valence-electron chi connectivity index (χ1n) is 8.82. The Kier molecular flexibility index (Phi) is 4.07. The average molecular weight is 395 g/mol. The van der Waals surface area contributed by atoms with E-state index in [0.29, 0.717) is 5.02 Å². The number of hydrogen-bond donors (Lipinski definition) is 0. The zero-order chi connectivity index (χ0) is 18.4. The predicted molar refractivity (Wildman–Crippen MR) is 108 cm³/mol. The van der Waals surface area contributed by atoms with Gasteiger partial charge in [-0.25, -0.2) is 5.01 Å². The molecule has 2 atom stereocenters. The number of hydrogen-bond acceptors (Lipinski definition) is 3. The van der Waals surface area contributed by atoms with Gasteiger partial charge in [-0.3, -0.25) is 0 Å². The summed E-state index contributed by atoms with van der Waals surface area (Å²) in [5.74, 6) is 0.909. The number of para-hydroxylation sites is 1. The predicted octanol–water partition coefficient (Wildman–Crippen LogP) is 6.24. The number of benzene rings is 3. The molecule has 0 N–H and O–H groups in total. The van der Waals surface area contributed by atoms with E-state index in [1.54, 1.807) is 0 Å². The number of fused-ring (bicyclic) bond motifs is 3. The van der Waals surface area contributed by atoms with Crippen LogP contribution in [0.3, 0.4) is 0 Å². The molecule has 0 saturated carbocycles. The minimum atomic E-state index is -0.285. The zero-order valence-electron chi connectivity index (χ0n) is 14.3. The fourth-order valence-electron chi connectivity index (χ4n) is 3.70. The van der Waals surface area contributed by atoms with Crippen LogP contribution in [0.15, 0.2) is 77.9 Å². The number of hydrazone groups is 1. The van der Waals surface area contributed by atoms with Crippen LogP contribution in [0.5, 0.6) is 5.75 Å². The standard InChI is InChI=1S/C22H16Cl2N2O/c23-16-9-5-14(6-10-16)19-13-20-18-3-1-2-4-21(18)27-22(26(20)25-19)15-7-11-17(24)12-8-15/h1-12,20,22H,13H2/t20-,22-/m1/s1. The van der Waals surface area contributed by atoms with Crippen molar-refractivity contribution >= 4 is 28.9 Å². The molecule has 0 fully saturated rings. The van der Waals surface area contributed by atoms with Crippen molar-refractivity contribution in [1.29, 1.82) is 0 Å². The number of rotatable bonds is 2. The fraction of sp³-hybridized carbons (Fsp3) is 0.136. The monoisotopic (exact) mass is 394 g/mol. The van der Waals surface area contributed by atoms with Crippen LogP contribution >= 0.6 is 23.2 Å². The van der Waals surface area contributed by atoms with Crippen molar-refractivity contribution in [2.45, 2.75) is 18.7 Å². The summed E-state index contributed by atoms with van der Waals surface area (Å²) in [5, 5.41) is 8.43. The van der Waals surface area contributed by atoms with Gasteiger partial charge in [-0.05, 0) is 35.9 Å². The topological polar surface area (TPSA) is 24.8 Å². The van der Waals surface area contributed by atoms with Crippen LogP contribution in [0.2, 0.25) is 10.0 Å². The second-order valence-corrected chi connectivity index (χ2v) is 7.59. The zero-order valence-corrected chi connectivity index (χ0v) is 15.9. The SMILES string of the molecule is Clc1ccc(C2=NN3[C@H](C2)c2ccccc2O[C@@H]3c2ccc(Cl)cc2)cc1. The molecular weight excluding hydrogens is 379 g/mol. The highest BCUT2D eigenvalue weighted by Gasteiger charge is 2.40. The number of halogens is 2. The van der Waals surface area contributed by atoms with Crippen molar-refractivity contribution in [3.63, 3.8) is 0 Å². The lowest BCUT2D eigenvalue weighted by Crippen LogP contribution is -2.33. The number of ether oxygens (including phenoxy) is 1. The van der Waals surface area contributed by atoms with Crippen LogP contribution in [-0.2, 0) is 0 Å². The molecule has 2 heterocycles. The van der Waals surface area contributed by atoms with E-state index in [0.717, 1.165) is 39.6 Å². The quantitative estimate of drug-likeness (QED) is 0.513. The Morgan fingerprint density at radius 3 is 2.26 bits per heavy atom. The maximum Gasteiger partial charge on any atom is 0.213 e. The molecule has 0 radical (unpaired) electrons. The normalized spacial score (nSPS) is 20.5. The van der Waals surface area contributed by atoms with Crippen LogP contribution in [0.1, 0.15) is 35.4 Å². The molecule has 0 bridgehead atoms. The molecule has 0 saturated heterocycles. The van der Waals surface area contributed by atoms with Crippen LogP contribution in [0.4, 0.5) is 0 Å². The Balaban J connectivity index is 1.58. The van der Waals surface area contributed by atoms with Gasteiger partial charge in [-0.2, -0.15) is 5.10 Å². The molecular formula is C22H16Cl2N2O. The minimum Gasteiger partial charge on any atom is -0.464 e. The van der Waals surface area contributed by atoms with E-state index in [-0.39, 0.29) is 12.3 Å². The first kappa shape index (κ1) is 16.7. The van der Waals surface area contributed by atoms with Crippen LogP contribution in [-0.4, -0.2) is 10.7 Å². The van der Waals surface area contributed by atoms with Gasteiger partial charge in [0, 0.05) is 27.6 Å². The smallest absolute Gasteiger partial charge is 0.213 e. The molecule has 134 valence electrons. The van der Waals surface area contributed by atoms with Crippen molar-refractivity contribution in [1.82, 2.24) is 5.01 Å². The van der Waals surface area contributed by atoms with Gasteiger partial charge in [0.1, 0.15) is 5.75 Å². The Hall–Kier alpha value is -2.49. The van der Waals surface area contributed by atoms with Crippen LogP contribution < -0.4 is 4.74 Å². The lowest BCUT2D eigenvalue weighted by Gasteiger charge is -2.38. The Morgan fingerprint density at radius 1 is 0.852 bits per heavy atom.